The zero-order chi connectivity index (χ0) is 22.2. The number of nitrogens with zero attached hydrogens (tertiary/aromatic N) is 2. The van der Waals surface area contributed by atoms with Gasteiger partial charge in [-0.1, -0.05) is 0 Å². The number of carbonyl (C=O) groups excluding carboxylic acids is 1. The van der Waals surface area contributed by atoms with Crippen molar-refractivity contribution in [1.82, 2.24) is 14.5 Å². The Hall–Kier alpha value is -1.93. The summed E-state index contributed by atoms with van der Waals surface area (Å²) in [7, 11) is 0. The molecule has 0 radical (unpaired) electrons. The number of halogens is 2. The summed E-state index contributed by atoms with van der Waals surface area (Å²) in [5.74, 6) is -0.260. The fourth-order valence-electron chi connectivity index (χ4n) is 6.22. The van der Waals surface area contributed by atoms with Crippen LogP contribution in [0.2, 0.25) is 0 Å². The van der Waals surface area contributed by atoms with E-state index in [0.29, 0.717) is 17.5 Å². The monoisotopic (exact) mass is 664 g/mol. The fraction of sp³-hybridized carbons (Fsp3) is 0.208. The molecule has 1 amide bonds. The third kappa shape index (κ3) is 2.11. The maximum atomic E-state index is 13.2. The zero-order valence-electron chi connectivity index (χ0n) is 16.9. The van der Waals surface area contributed by atoms with Gasteiger partial charge in [0.25, 0.3) is 0 Å². The van der Waals surface area contributed by atoms with Gasteiger partial charge in [-0.05, 0) is 0 Å². The van der Waals surface area contributed by atoms with Crippen LogP contribution in [0.4, 0.5) is 0 Å². The van der Waals surface area contributed by atoms with Crippen LogP contribution in [-0.4, -0.2) is 28.9 Å². The number of para-hydroxylation sites is 2. The molecule has 166 valence electrons. The molecule has 1 fully saturated rings. The summed E-state index contributed by atoms with van der Waals surface area (Å²) in [6.07, 6.45) is -1.46. The molecule has 7 nitrogen and oxygen atoms in total. The van der Waals surface area contributed by atoms with Crippen LogP contribution in [-0.2, 0) is 4.74 Å². The number of hydrogen-bond acceptors (Lipinski definition) is 4. The van der Waals surface area contributed by atoms with Crippen molar-refractivity contribution in [2.75, 3.05) is 0 Å². The number of aliphatic hydroxyl groups is 2. The molecule has 3 aliphatic heterocycles. The Morgan fingerprint density at radius 2 is 1.67 bits per heavy atom. The molecule has 9 heteroatoms. The molecule has 2 bridgehead atoms. The Morgan fingerprint density at radius 1 is 1.03 bits per heavy atom. The van der Waals surface area contributed by atoms with Crippen LogP contribution in [0.25, 0.3) is 43.6 Å². The third-order valence-corrected chi connectivity index (χ3v) is 13.8. The topological polar surface area (TPSA) is 88.7 Å². The Kier molecular flexibility index (Phi) is 3.64. The van der Waals surface area contributed by atoms with Crippen LogP contribution in [0.1, 0.15) is 41.0 Å². The first kappa shape index (κ1) is 19.4. The number of benzene rings is 3. The van der Waals surface area contributed by atoms with Crippen molar-refractivity contribution < 1.29 is 37.0 Å². The molecular weight excluding hydrogens is 648 g/mol. The summed E-state index contributed by atoms with van der Waals surface area (Å²) in [4.78, 5) is 13.2. The van der Waals surface area contributed by atoms with Crippen molar-refractivity contribution in [3.05, 3.63) is 59.7 Å². The van der Waals surface area contributed by atoms with Gasteiger partial charge in [-0.15, -0.1) is 0 Å². The van der Waals surface area contributed by atoms with E-state index < -0.39 is 33.3 Å². The Labute approximate surface area is 206 Å². The Balaban J connectivity index is 1.76. The fourth-order valence-corrected chi connectivity index (χ4v) is 9.86. The van der Waals surface area contributed by atoms with Gasteiger partial charge in [0.15, 0.2) is 0 Å². The molecule has 5 heterocycles. The number of rotatable bonds is 1. The average Bonchev–Trinajstić information content (AvgIpc) is 3.49. The van der Waals surface area contributed by atoms with E-state index in [1.807, 2.05) is 48.5 Å². The van der Waals surface area contributed by atoms with Gasteiger partial charge in [0.2, 0.25) is 0 Å². The van der Waals surface area contributed by atoms with Crippen molar-refractivity contribution in [2.45, 2.75) is 28.7 Å². The molecule has 3 N–H and O–H groups in total. The SMILES string of the molecule is O=C1NC(O)c2c1c1c3ccccc3n3c1c1c2c2ccccc2n1C1O[C@H]3C[C@]1(O)[I-]I. The van der Waals surface area contributed by atoms with Gasteiger partial charge in [0.1, 0.15) is 0 Å². The normalized spacial score (nSPS) is 28.0. The van der Waals surface area contributed by atoms with Crippen molar-refractivity contribution >= 4 is 68.1 Å². The summed E-state index contributed by atoms with van der Waals surface area (Å²) in [5, 5.41) is 29.1. The number of hydrogen-bond donors (Lipinski definition) is 3. The number of ether oxygens (including phenoxy) is 1. The standard InChI is InChI=1S/C24H16I2N3O4/c25-26-24(32)9-14-28-12-7-3-1-5-10(12)15-17-18(22(31)27-21(17)30)16-11-6-2-4-8-13(11)29(23(24)33-14)20(16)19(15)28/h1-8,14,22-23,31-32H,9H2,(H,27,30)/q-1/t14-,22?,23?,24+/m0/s1. The van der Waals surface area contributed by atoms with Gasteiger partial charge in [0, 0.05) is 0 Å². The van der Waals surface area contributed by atoms with E-state index in [9.17, 15) is 15.0 Å². The molecule has 2 unspecified atom stereocenters. The molecule has 5 aromatic rings. The van der Waals surface area contributed by atoms with E-state index in [4.69, 9.17) is 4.74 Å². The number of carbonyl (C=O) groups is 1. The second-order valence-corrected chi connectivity index (χ2v) is 13.9. The van der Waals surface area contributed by atoms with Crippen molar-refractivity contribution in [1.29, 1.82) is 0 Å². The average molecular weight is 664 g/mol. The molecule has 3 aromatic carbocycles. The van der Waals surface area contributed by atoms with E-state index in [2.05, 4.69) is 33.1 Å². The summed E-state index contributed by atoms with van der Waals surface area (Å²) in [6.45, 7) is 0. The first-order valence-corrected chi connectivity index (χ1v) is 18.0. The van der Waals surface area contributed by atoms with Crippen molar-refractivity contribution in [3.8, 4) is 0 Å². The first-order valence-electron chi connectivity index (χ1n) is 10.7. The second kappa shape index (κ2) is 6.19. The minimum atomic E-state index is -1.09. The zero-order valence-corrected chi connectivity index (χ0v) is 21.2. The maximum absolute atomic E-state index is 13.2. The van der Waals surface area contributed by atoms with Crippen LogP contribution in [0.15, 0.2) is 48.5 Å². The molecule has 0 aliphatic carbocycles. The molecule has 0 spiro atoms. The first-order chi connectivity index (χ1) is 16.0. The number of aromatic nitrogens is 2. The van der Waals surface area contributed by atoms with E-state index in [1.54, 1.807) is 0 Å². The minimum absolute atomic E-state index is 0.260. The van der Waals surface area contributed by atoms with Gasteiger partial charge in [-0.25, -0.2) is 0 Å². The van der Waals surface area contributed by atoms with Crippen LogP contribution >= 0.6 is 18.6 Å². The van der Waals surface area contributed by atoms with Crippen molar-refractivity contribution in [2.24, 2.45) is 0 Å². The molecule has 0 saturated carbocycles. The number of aliphatic hydroxyl groups excluding tert-OH is 1. The van der Waals surface area contributed by atoms with E-state index in [0.717, 1.165) is 43.6 Å². The molecule has 2 aromatic heterocycles. The molecule has 33 heavy (non-hydrogen) atoms. The van der Waals surface area contributed by atoms with Crippen molar-refractivity contribution in [3.63, 3.8) is 0 Å². The van der Waals surface area contributed by atoms with Crippen LogP contribution in [0, 0.1) is 0 Å². The van der Waals surface area contributed by atoms with E-state index in [-0.39, 0.29) is 12.1 Å². The second-order valence-electron chi connectivity index (χ2n) is 8.92. The Bertz CT molecular complexity index is 1720. The van der Waals surface area contributed by atoms with E-state index >= 15 is 0 Å². The van der Waals surface area contributed by atoms with Gasteiger partial charge < -0.3 is 0 Å². The summed E-state index contributed by atoms with van der Waals surface area (Å²) in [5.41, 5.74) is 4.91. The van der Waals surface area contributed by atoms with Crippen LogP contribution < -0.4 is 22.5 Å². The van der Waals surface area contributed by atoms with Gasteiger partial charge >= 0.3 is 208 Å². The summed E-state index contributed by atoms with van der Waals surface area (Å²) >= 11 is 1.75. The predicted octanol–water partition coefficient (Wildman–Crippen LogP) is 1.20. The van der Waals surface area contributed by atoms with E-state index in [1.165, 1.54) is 0 Å². The Morgan fingerprint density at radius 3 is 2.39 bits per heavy atom. The summed E-state index contributed by atoms with van der Waals surface area (Å²) in [6, 6.07) is 16.0. The third-order valence-electron chi connectivity index (χ3n) is 7.37. The van der Waals surface area contributed by atoms with Gasteiger partial charge in [0.05, 0.1) is 0 Å². The number of fused-ring (bicyclic) bond motifs is 13. The molecule has 8 rings (SSSR count). The van der Waals surface area contributed by atoms with Gasteiger partial charge in [-0.3, -0.25) is 0 Å². The molecule has 3 aliphatic rings. The number of alkyl halides is 1. The molecule has 1 saturated heterocycles. The van der Waals surface area contributed by atoms with Crippen LogP contribution in [0.5, 0.6) is 0 Å². The predicted molar refractivity (Wildman–Crippen MR) is 128 cm³/mol. The molecular formula is C24H16I2N3O4-. The number of amides is 1. The quantitative estimate of drug-likeness (QED) is 0.186. The van der Waals surface area contributed by atoms with Gasteiger partial charge in [-0.2, -0.15) is 0 Å². The number of nitrogens with one attached hydrogen (secondary N) is 1. The summed E-state index contributed by atoms with van der Waals surface area (Å²) < 4.78 is 10.0. The van der Waals surface area contributed by atoms with Crippen LogP contribution in [0.3, 0.4) is 0 Å². The molecule has 4 atom stereocenters.